The van der Waals surface area contributed by atoms with Gasteiger partial charge >= 0.3 is 0 Å². The van der Waals surface area contributed by atoms with Crippen molar-refractivity contribution >= 4 is 28.1 Å². The lowest BCUT2D eigenvalue weighted by Gasteiger charge is -2.08. The Morgan fingerprint density at radius 1 is 1.35 bits per heavy atom. The summed E-state index contributed by atoms with van der Waals surface area (Å²) in [6.45, 7) is 1.92. The van der Waals surface area contributed by atoms with Crippen LogP contribution in [-0.4, -0.2) is 23.8 Å². The summed E-state index contributed by atoms with van der Waals surface area (Å²) in [5, 5.41) is 13.4. The number of carbonyl (C=O) groups is 1. The highest BCUT2D eigenvalue weighted by atomic mass is 79.9. The minimum absolute atomic E-state index is 0.0988. The fraction of sp³-hybridized carbons (Fsp3) is 0.176. The van der Waals surface area contributed by atoms with Crippen molar-refractivity contribution in [2.45, 2.75) is 13.3 Å². The fourth-order valence-electron chi connectivity index (χ4n) is 1.83. The van der Waals surface area contributed by atoms with E-state index in [1.165, 1.54) is 11.8 Å². The van der Waals surface area contributed by atoms with Gasteiger partial charge in [0.15, 0.2) is 6.61 Å². The predicted octanol–water partition coefficient (Wildman–Crippen LogP) is 3.25. The van der Waals surface area contributed by atoms with Gasteiger partial charge in [-0.15, -0.1) is 0 Å². The van der Waals surface area contributed by atoms with Crippen LogP contribution < -0.4 is 10.2 Å². The number of hydrogen-bond donors (Lipinski definition) is 2. The van der Waals surface area contributed by atoms with Crippen LogP contribution in [0.2, 0.25) is 0 Å². The molecule has 0 radical (unpaired) electrons. The van der Waals surface area contributed by atoms with Crippen LogP contribution in [0, 0.1) is 0 Å². The number of nitrogens with zero attached hydrogens (tertiary/aromatic N) is 1. The molecule has 120 valence electrons. The molecule has 5 nitrogen and oxygen atoms in total. The molecule has 0 aliphatic carbocycles. The van der Waals surface area contributed by atoms with Gasteiger partial charge in [-0.2, -0.15) is 5.10 Å². The second kappa shape index (κ2) is 8.33. The molecule has 0 heterocycles. The summed E-state index contributed by atoms with van der Waals surface area (Å²) in [5.74, 6) is 0.312. The van der Waals surface area contributed by atoms with Crippen LogP contribution in [0.1, 0.15) is 18.1 Å². The average Bonchev–Trinajstić information content (AvgIpc) is 2.55. The van der Waals surface area contributed by atoms with Gasteiger partial charge in [0, 0.05) is 5.56 Å². The molecule has 2 rings (SSSR count). The molecule has 0 aromatic heterocycles. The molecule has 6 heteroatoms. The van der Waals surface area contributed by atoms with Crippen LogP contribution in [-0.2, 0) is 11.2 Å². The van der Waals surface area contributed by atoms with E-state index in [2.05, 4.69) is 33.4 Å². The lowest BCUT2D eigenvalue weighted by molar-refractivity contribution is -0.123. The lowest BCUT2D eigenvalue weighted by Crippen LogP contribution is -2.24. The zero-order chi connectivity index (χ0) is 16.7. The standard InChI is InChI=1S/C17H17BrN2O3/c1-2-12-7-8-16(14(18)9-12)23-11-17(22)20-19-10-13-5-3-4-6-15(13)21/h3-10,21H,2,11H2,1H3,(H,20,22)/b19-10+. The van der Waals surface area contributed by atoms with Gasteiger partial charge in [0.1, 0.15) is 11.5 Å². The SMILES string of the molecule is CCc1ccc(OCC(=O)N/N=C/c2ccccc2O)c(Br)c1. The molecule has 2 aromatic rings. The van der Waals surface area contributed by atoms with Crippen LogP contribution >= 0.6 is 15.9 Å². The van der Waals surface area contributed by atoms with E-state index in [9.17, 15) is 9.90 Å². The molecule has 0 unspecified atom stereocenters. The molecule has 2 N–H and O–H groups in total. The van der Waals surface area contributed by atoms with Gasteiger partial charge in [0.2, 0.25) is 0 Å². The highest BCUT2D eigenvalue weighted by Crippen LogP contribution is 2.26. The van der Waals surface area contributed by atoms with Crippen LogP contribution in [0.5, 0.6) is 11.5 Å². The number of aromatic hydroxyl groups is 1. The van der Waals surface area contributed by atoms with Crippen LogP contribution in [0.4, 0.5) is 0 Å². The number of halogens is 1. The first kappa shape index (κ1) is 17.0. The highest BCUT2D eigenvalue weighted by Gasteiger charge is 2.05. The number of amides is 1. The Morgan fingerprint density at radius 2 is 2.13 bits per heavy atom. The number of rotatable bonds is 6. The molecule has 2 aromatic carbocycles. The van der Waals surface area contributed by atoms with Gasteiger partial charge in [0.25, 0.3) is 5.91 Å². The quantitative estimate of drug-likeness (QED) is 0.600. The molecule has 0 saturated carbocycles. The third-order valence-electron chi connectivity index (χ3n) is 3.09. The summed E-state index contributed by atoms with van der Waals surface area (Å²) in [6, 6.07) is 12.4. The minimum Gasteiger partial charge on any atom is -0.507 e. The van der Waals surface area contributed by atoms with Crippen molar-refractivity contribution in [3.63, 3.8) is 0 Å². The lowest BCUT2D eigenvalue weighted by atomic mass is 10.2. The Kier molecular flexibility index (Phi) is 6.17. The largest absolute Gasteiger partial charge is 0.507 e. The van der Waals surface area contributed by atoms with E-state index >= 15 is 0 Å². The molecule has 0 aliphatic heterocycles. The Bertz CT molecular complexity index is 717. The van der Waals surface area contributed by atoms with Crippen LogP contribution in [0.15, 0.2) is 52.0 Å². The van der Waals surface area contributed by atoms with Crippen LogP contribution in [0.3, 0.4) is 0 Å². The molecular formula is C17H17BrN2O3. The predicted molar refractivity (Wildman–Crippen MR) is 92.9 cm³/mol. The maximum atomic E-state index is 11.7. The number of hydrazone groups is 1. The first-order valence-electron chi connectivity index (χ1n) is 7.11. The van der Waals surface area contributed by atoms with E-state index in [-0.39, 0.29) is 18.3 Å². The molecule has 0 fully saturated rings. The molecule has 0 aliphatic rings. The second-order valence-corrected chi connectivity index (χ2v) is 5.61. The van der Waals surface area contributed by atoms with E-state index in [4.69, 9.17) is 4.74 Å². The van der Waals surface area contributed by atoms with E-state index in [1.54, 1.807) is 24.3 Å². The number of phenols is 1. The maximum Gasteiger partial charge on any atom is 0.277 e. The minimum atomic E-state index is -0.386. The highest BCUT2D eigenvalue weighted by molar-refractivity contribution is 9.10. The van der Waals surface area contributed by atoms with Crippen molar-refractivity contribution in [3.05, 3.63) is 58.1 Å². The van der Waals surface area contributed by atoms with Crippen molar-refractivity contribution in [1.29, 1.82) is 0 Å². The van der Waals surface area contributed by atoms with E-state index in [1.807, 2.05) is 18.2 Å². The Morgan fingerprint density at radius 3 is 2.83 bits per heavy atom. The summed E-state index contributed by atoms with van der Waals surface area (Å²) in [6.07, 6.45) is 2.31. The molecule has 0 saturated heterocycles. The Balaban J connectivity index is 1.85. The van der Waals surface area contributed by atoms with Crippen molar-refractivity contribution in [1.82, 2.24) is 5.43 Å². The summed E-state index contributed by atoms with van der Waals surface area (Å²) < 4.78 is 6.25. The smallest absolute Gasteiger partial charge is 0.277 e. The molecule has 0 spiro atoms. The average molecular weight is 377 g/mol. The number of para-hydroxylation sites is 1. The number of phenolic OH excluding ortho intramolecular Hbond substituents is 1. The second-order valence-electron chi connectivity index (χ2n) is 4.76. The third-order valence-corrected chi connectivity index (χ3v) is 3.71. The van der Waals surface area contributed by atoms with E-state index in [0.29, 0.717) is 11.3 Å². The Labute approximate surface area is 143 Å². The van der Waals surface area contributed by atoms with Crippen molar-refractivity contribution in [2.75, 3.05) is 6.61 Å². The first-order chi connectivity index (χ1) is 11.1. The molecule has 1 amide bonds. The first-order valence-corrected chi connectivity index (χ1v) is 7.90. The fourth-order valence-corrected chi connectivity index (χ4v) is 2.37. The number of ether oxygens (including phenoxy) is 1. The molecule has 23 heavy (non-hydrogen) atoms. The number of nitrogens with one attached hydrogen (secondary N) is 1. The van der Waals surface area contributed by atoms with Crippen LogP contribution in [0.25, 0.3) is 0 Å². The van der Waals surface area contributed by atoms with E-state index < -0.39 is 0 Å². The molecule has 0 bridgehead atoms. The maximum absolute atomic E-state index is 11.7. The Hall–Kier alpha value is -2.34. The number of benzene rings is 2. The van der Waals surface area contributed by atoms with Crippen molar-refractivity contribution in [2.24, 2.45) is 5.10 Å². The van der Waals surface area contributed by atoms with Gasteiger partial charge in [-0.1, -0.05) is 25.1 Å². The summed E-state index contributed by atoms with van der Waals surface area (Å²) in [7, 11) is 0. The van der Waals surface area contributed by atoms with Gasteiger partial charge in [-0.05, 0) is 52.2 Å². The third kappa shape index (κ3) is 5.10. The van der Waals surface area contributed by atoms with Gasteiger partial charge in [-0.25, -0.2) is 5.43 Å². The zero-order valence-corrected chi connectivity index (χ0v) is 14.2. The number of carbonyl (C=O) groups excluding carboxylic acids is 1. The van der Waals surface area contributed by atoms with E-state index in [0.717, 1.165) is 10.9 Å². The normalized spacial score (nSPS) is 10.7. The van der Waals surface area contributed by atoms with Gasteiger partial charge < -0.3 is 9.84 Å². The summed E-state index contributed by atoms with van der Waals surface area (Å²) in [4.78, 5) is 11.7. The van der Waals surface area contributed by atoms with Crippen molar-refractivity contribution < 1.29 is 14.6 Å². The van der Waals surface area contributed by atoms with Crippen molar-refractivity contribution in [3.8, 4) is 11.5 Å². The zero-order valence-electron chi connectivity index (χ0n) is 12.6. The molecular weight excluding hydrogens is 360 g/mol. The molecule has 0 atom stereocenters. The van der Waals surface area contributed by atoms with Gasteiger partial charge in [0.05, 0.1) is 10.7 Å². The number of aryl methyl sites for hydroxylation is 1. The monoisotopic (exact) mass is 376 g/mol. The van der Waals surface area contributed by atoms with Gasteiger partial charge in [-0.3, -0.25) is 4.79 Å². The number of hydrogen-bond acceptors (Lipinski definition) is 4. The summed E-state index contributed by atoms with van der Waals surface area (Å²) >= 11 is 3.42. The topological polar surface area (TPSA) is 70.9 Å². The summed E-state index contributed by atoms with van der Waals surface area (Å²) in [5.41, 5.74) is 4.05.